The summed E-state index contributed by atoms with van der Waals surface area (Å²) in [5, 5.41) is 4.05. The van der Waals surface area contributed by atoms with E-state index >= 15 is 0 Å². The van der Waals surface area contributed by atoms with E-state index in [-0.39, 0.29) is 12.5 Å². The van der Waals surface area contributed by atoms with Crippen molar-refractivity contribution < 1.29 is 9.53 Å². The van der Waals surface area contributed by atoms with E-state index in [9.17, 15) is 4.79 Å². The molecule has 0 aromatic heterocycles. The Morgan fingerprint density at radius 3 is 2.78 bits per heavy atom. The Morgan fingerprint density at radius 1 is 1.30 bits per heavy atom. The zero-order chi connectivity index (χ0) is 16.8. The van der Waals surface area contributed by atoms with Crippen LogP contribution in [0.25, 0.3) is 0 Å². The van der Waals surface area contributed by atoms with Crippen LogP contribution in [0.4, 0.5) is 5.69 Å². The minimum absolute atomic E-state index is 0.116. The molecule has 1 amide bonds. The Hall–Kier alpha value is -2.34. The highest BCUT2D eigenvalue weighted by Crippen LogP contribution is 2.25. The lowest BCUT2D eigenvalue weighted by Crippen LogP contribution is -2.25. The van der Waals surface area contributed by atoms with Crippen molar-refractivity contribution in [1.29, 1.82) is 0 Å². The molecule has 5 nitrogen and oxygen atoms in total. The molecule has 2 aromatic carbocycles. The minimum atomic E-state index is -0.333. The van der Waals surface area contributed by atoms with Crippen molar-refractivity contribution in [2.24, 2.45) is 5.10 Å². The summed E-state index contributed by atoms with van der Waals surface area (Å²) in [7, 11) is 0. The van der Waals surface area contributed by atoms with Gasteiger partial charge >= 0.3 is 0 Å². The van der Waals surface area contributed by atoms with Gasteiger partial charge in [0, 0.05) is 5.69 Å². The zero-order valence-electron chi connectivity index (χ0n) is 13.0. The van der Waals surface area contributed by atoms with Gasteiger partial charge in [0.2, 0.25) is 0 Å². The second kappa shape index (κ2) is 7.78. The molecule has 0 unspecified atom stereocenters. The smallest absolute Gasteiger partial charge is 0.277 e. The largest absolute Gasteiger partial charge is 0.483 e. The number of benzene rings is 2. The number of nitrogen functional groups attached to an aromatic ring is 1. The number of carbonyl (C=O) groups excluding carboxylic acids is 1. The van der Waals surface area contributed by atoms with Crippen LogP contribution in [0.15, 0.2) is 52.0 Å². The number of aryl methyl sites for hydroxylation is 1. The van der Waals surface area contributed by atoms with Crippen LogP contribution in [-0.4, -0.2) is 18.2 Å². The van der Waals surface area contributed by atoms with Gasteiger partial charge in [-0.1, -0.05) is 18.2 Å². The van der Waals surface area contributed by atoms with E-state index < -0.39 is 0 Å². The molecule has 2 aromatic rings. The molecular weight excluding hydrogens is 358 g/mol. The van der Waals surface area contributed by atoms with Gasteiger partial charge in [-0.3, -0.25) is 4.79 Å². The Kier molecular flexibility index (Phi) is 5.76. The molecule has 23 heavy (non-hydrogen) atoms. The summed E-state index contributed by atoms with van der Waals surface area (Å²) in [5.74, 6) is 0.281. The van der Waals surface area contributed by atoms with E-state index in [1.165, 1.54) is 0 Å². The maximum atomic E-state index is 11.8. The number of carbonyl (C=O) groups is 1. The van der Waals surface area contributed by atoms with E-state index in [1.54, 1.807) is 19.1 Å². The summed E-state index contributed by atoms with van der Waals surface area (Å²) in [6.07, 6.45) is 0. The molecule has 0 aliphatic rings. The summed E-state index contributed by atoms with van der Waals surface area (Å²) >= 11 is 3.40. The Labute approximate surface area is 143 Å². The average molecular weight is 376 g/mol. The molecular formula is C17H18BrN3O2. The van der Waals surface area contributed by atoms with Crippen molar-refractivity contribution in [3.63, 3.8) is 0 Å². The van der Waals surface area contributed by atoms with Gasteiger partial charge in [0.1, 0.15) is 5.75 Å². The van der Waals surface area contributed by atoms with Crippen LogP contribution in [-0.2, 0) is 4.79 Å². The molecule has 0 saturated heterocycles. The maximum Gasteiger partial charge on any atom is 0.277 e. The number of rotatable bonds is 5. The van der Waals surface area contributed by atoms with Crippen molar-refractivity contribution in [3.05, 3.63) is 58.1 Å². The lowest BCUT2D eigenvalue weighted by Gasteiger charge is -2.08. The molecule has 3 N–H and O–H groups in total. The highest BCUT2D eigenvalue weighted by Gasteiger charge is 2.06. The summed E-state index contributed by atoms with van der Waals surface area (Å²) in [6, 6.07) is 13.0. The molecule has 6 heteroatoms. The molecule has 0 spiro atoms. The third-order valence-electron chi connectivity index (χ3n) is 3.10. The van der Waals surface area contributed by atoms with Crippen molar-refractivity contribution in [2.75, 3.05) is 12.3 Å². The number of anilines is 1. The fraction of sp³-hybridized carbons (Fsp3) is 0.176. The monoisotopic (exact) mass is 375 g/mol. The van der Waals surface area contributed by atoms with Crippen LogP contribution in [0.3, 0.4) is 0 Å². The Morgan fingerprint density at radius 2 is 2.09 bits per heavy atom. The van der Waals surface area contributed by atoms with Crippen molar-refractivity contribution in [1.82, 2.24) is 5.43 Å². The fourth-order valence-electron chi connectivity index (χ4n) is 1.87. The van der Waals surface area contributed by atoms with Gasteiger partial charge < -0.3 is 10.5 Å². The molecule has 0 saturated carbocycles. The first-order valence-electron chi connectivity index (χ1n) is 7.03. The second-order valence-corrected chi connectivity index (χ2v) is 5.93. The molecule has 0 aliphatic carbocycles. The SMILES string of the molecule is CC(=NNC(=O)COc1ccc(C)cc1Br)c1cccc(N)c1. The molecule has 0 bridgehead atoms. The summed E-state index contributed by atoms with van der Waals surface area (Å²) in [4.78, 5) is 11.8. The standard InChI is InChI=1S/C17H18BrN3O2/c1-11-6-7-16(15(18)8-11)23-10-17(22)21-20-12(2)13-4-3-5-14(19)9-13/h3-9H,10,19H2,1-2H3,(H,21,22). The van der Waals surface area contributed by atoms with E-state index in [0.29, 0.717) is 17.1 Å². The number of nitrogens with one attached hydrogen (secondary N) is 1. The molecule has 0 heterocycles. The van der Waals surface area contributed by atoms with Gasteiger partial charge in [-0.15, -0.1) is 0 Å². The van der Waals surface area contributed by atoms with Gasteiger partial charge in [-0.2, -0.15) is 5.10 Å². The van der Waals surface area contributed by atoms with Crippen molar-refractivity contribution in [2.45, 2.75) is 13.8 Å². The lowest BCUT2D eigenvalue weighted by atomic mass is 10.1. The van der Waals surface area contributed by atoms with Crippen molar-refractivity contribution in [3.8, 4) is 5.75 Å². The van der Waals surface area contributed by atoms with E-state index in [1.807, 2.05) is 37.3 Å². The minimum Gasteiger partial charge on any atom is -0.483 e. The molecule has 0 atom stereocenters. The van der Waals surface area contributed by atoms with E-state index in [0.717, 1.165) is 15.6 Å². The third-order valence-corrected chi connectivity index (χ3v) is 3.72. The first kappa shape index (κ1) is 17.0. The number of hydrogen-bond donors (Lipinski definition) is 2. The predicted octanol–water partition coefficient (Wildman–Crippen LogP) is 3.26. The van der Waals surface area contributed by atoms with E-state index in [2.05, 4.69) is 26.5 Å². The van der Waals surface area contributed by atoms with Gasteiger partial charge in [0.05, 0.1) is 10.2 Å². The Balaban J connectivity index is 1.90. The number of halogens is 1. The summed E-state index contributed by atoms with van der Waals surface area (Å²) in [6.45, 7) is 3.66. The molecule has 2 rings (SSSR count). The predicted molar refractivity (Wildman–Crippen MR) is 95.6 cm³/mol. The van der Waals surface area contributed by atoms with Crippen LogP contribution in [0.2, 0.25) is 0 Å². The van der Waals surface area contributed by atoms with Crippen molar-refractivity contribution >= 4 is 33.2 Å². The molecule has 0 aliphatic heterocycles. The number of nitrogens with zero attached hydrogens (tertiary/aromatic N) is 1. The quantitative estimate of drug-likeness (QED) is 0.478. The summed E-state index contributed by atoms with van der Waals surface area (Å²) in [5.41, 5.74) is 11.5. The lowest BCUT2D eigenvalue weighted by molar-refractivity contribution is -0.123. The molecule has 0 radical (unpaired) electrons. The van der Waals surface area contributed by atoms with Gasteiger partial charge in [0.15, 0.2) is 6.61 Å². The number of hydrazone groups is 1. The van der Waals surface area contributed by atoms with E-state index in [4.69, 9.17) is 10.5 Å². The molecule has 0 fully saturated rings. The first-order valence-corrected chi connectivity index (χ1v) is 7.83. The normalized spacial score (nSPS) is 11.2. The van der Waals surface area contributed by atoms with Crippen LogP contribution in [0, 0.1) is 6.92 Å². The highest BCUT2D eigenvalue weighted by molar-refractivity contribution is 9.10. The average Bonchev–Trinajstić information content (AvgIpc) is 2.51. The second-order valence-electron chi connectivity index (χ2n) is 5.08. The topological polar surface area (TPSA) is 76.7 Å². The molecule has 120 valence electrons. The highest BCUT2D eigenvalue weighted by atomic mass is 79.9. The number of nitrogens with two attached hydrogens (primary N) is 1. The van der Waals surface area contributed by atoms with Crippen LogP contribution < -0.4 is 15.9 Å². The van der Waals surface area contributed by atoms with Gasteiger partial charge in [0.25, 0.3) is 5.91 Å². The number of ether oxygens (including phenoxy) is 1. The zero-order valence-corrected chi connectivity index (χ0v) is 14.6. The maximum absolute atomic E-state index is 11.8. The number of hydrogen-bond acceptors (Lipinski definition) is 4. The summed E-state index contributed by atoms with van der Waals surface area (Å²) < 4.78 is 6.27. The van der Waals surface area contributed by atoms with Gasteiger partial charge in [-0.25, -0.2) is 5.43 Å². The fourth-order valence-corrected chi connectivity index (χ4v) is 2.48. The van der Waals surface area contributed by atoms with Gasteiger partial charge in [-0.05, 0) is 65.2 Å². The number of amides is 1. The van der Waals surface area contributed by atoms with Crippen LogP contribution >= 0.6 is 15.9 Å². The third kappa shape index (κ3) is 5.10. The Bertz CT molecular complexity index is 744. The first-order chi connectivity index (χ1) is 11.0. The van der Waals surface area contributed by atoms with Crippen LogP contribution in [0.5, 0.6) is 5.75 Å². The van der Waals surface area contributed by atoms with Crippen LogP contribution in [0.1, 0.15) is 18.1 Å².